The van der Waals surface area contributed by atoms with Crippen molar-refractivity contribution >= 4 is 17.3 Å². The zero-order valence-electron chi connectivity index (χ0n) is 9.54. The van der Waals surface area contributed by atoms with E-state index in [1.165, 1.54) is 16.8 Å². The molecule has 0 spiro atoms. The number of pyridine rings is 2. The van der Waals surface area contributed by atoms with Crippen molar-refractivity contribution in [3.05, 3.63) is 52.2 Å². The lowest BCUT2D eigenvalue weighted by Gasteiger charge is -2.08. The molecule has 2 aromatic rings. The molecule has 2 aromatic heterocycles. The van der Waals surface area contributed by atoms with Crippen LogP contribution in [-0.4, -0.2) is 16.2 Å². The lowest BCUT2D eigenvalue weighted by molar-refractivity contribution is 0.295. The van der Waals surface area contributed by atoms with Gasteiger partial charge >= 0.3 is 0 Å². The number of halogens is 1. The van der Waals surface area contributed by atoms with E-state index in [0.717, 1.165) is 0 Å². The van der Waals surface area contributed by atoms with Crippen molar-refractivity contribution in [1.29, 1.82) is 0 Å². The van der Waals surface area contributed by atoms with Crippen LogP contribution in [0.5, 0.6) is 5.75 Å². The van der Waals surface area contributed by atoms with Crippen LogP contribution in [0.25, 0.3) is 0 Å². The molecule has 6 heteroatoms. The Morgan fingerprint density at radius 3 is 3.00 bits per heavy atom. The van der Waals surface area contributed by atoms with Crippen molar-refractivity contribution in [3.8, 4) is 5.75 Å². The summed E-state index contributed by atoms with van der Waals surface area (Å²) >= 11 is 5.77. The number of nitrogens with zero attached hydrogens (tertiary/aromatic N) is 2. The number of anilines is 1. The molecular formula is C12H12ClN3O2. The van der Waals surface area contributed by atoms with Crippen molar-refractivity contribution in [2.24, 2.45) is 0 Å². The van der Waals surface area contributed by atoms with Gasteiger partial charge in [0.15, 0.2) is 0 Å². The number of rotatable bonds is 4. The van der Waals surface area contributed by atoms with Crippen LogP contribution in [0.4, 0.5) is 5.69 Å². The molecule has 0 aromatic carbocycles. The van der Waals surface area contributed by atoms with E-state index in [4.69, 9.17) is 22.1 Å². The molecular weight excluding hydrogens is 254 g/mol. The van der Waals surface area contributed by atoms with Gasteiger partial charge in [-0.15, -0.1) is 0 Å². The molecule has 0 aliphatic heterocycles. The first-order valence-electron chi connectivity index (χ1n) is 5.34. The third kappa shape index (κ3) is 3.24. The van der Waals surface area contributed by atoms with Crippen LogP contribution in [0.3, 0.4) is 0 Å². The van der Waals surface area contributed by atoms with Gasteiger partial charge in [-0.2, -0.15) is 0 Å². The molecule has 0 saturated carbocycles. The Balaban J connectivity index is 1.96. The molecule has 94 valence electrons. The molecule has 0 radical (unpaired) electrons. The van der Waals surface area contributed by atoms with Crippen molar-refractivity contribution in [1.82, 2.24) is 9.55 Å². The molecule has 2 rings (SSSR count). The average Bonchev–Trinajstić information content (AvgIpc) is 2.34. The first-order chi connectivity index (χ1) is 8.65. The van der Waals surface area contributed by atoms with Crippen LogP contribution in [0.15, 0.2) is 41.6 Å². The van der Waals surface area contributed by atoms with Crippen LogP contribution >= 0.6 is 11.6 Å². The van der Waals surface area contributed by atoms with Crippen molar-refractivity contribution < 1.29 is 4.74 Å². The maximum atomic E-state index is 11.5. The molecule has 0 aliphatic carbocycles. The van der Waals surface area contributed by atoms with Crippen molar-refractivity contribution in [2.45, 2.75) is 6.54 Å². The van der Waals surface area contributed by atoms with Gasteiger partial charge in [-0.05, 0) is 6.07 Å². The Hall–Kier alpha value is -2.01. The van der Waals surface area contributed by atoms with Gasteiger partial charge in [0.1, 0.15) is 12.4 Å². The van der Waals surface area contributed by atoms with E-state index >= 15 is 0 Å². The zero-order chi connectivity index (χ0) is 13.0. The lowest BCUT2D eigenvalue weighted by atomic mass is 10.4. The third-order valence-electron chi connectivity index (χ3n) is 2.29. The SMILES string of the molecule is Nc1ccc(=O)n(CCOc2cncc(Cl)c2)c1. The topological polar surface area (TPSA) is 70.1 Å². The molecule has 0 saturated heterocycles. The summed E-state index contributed by atoms with van der Waals surface area (Å²) in [6.45, 7) is 0.752. The Kier molecular flexibility index (Phi) is 3.84. The summed E-state index contributed by atoms with van der Waals surface area (Å²) in [5.41, 5.74) is 6.03. The van der Waals surface area contributed by atoms with Crippen LogP contribution in [0.2, 0.25) is 5.02 Å². The molecule has 0 amide bonds. The minimum Gasteiger partial charge on any atom is -0.490 e. The summed E-state index contributed by atoms with van der Waals surface area (Å²) in [6.07, 6.45) is 4.67. The number of hydrogen-bond donors (Lipinski definition) is 1. The molecule has 18 heavy (non-hydrogen) atoms. The highest BCUT2D eigenvalue weighted by Gasteiger charge is 1.99. The van der Waals surface area contributed by atoms with E-state index in [1.54, 1.807) is 24.5 Å². The van der Waals surface area contributed by atoms with E-state index in [0.29, 0.717) is 29.6 Å². The number of aromatic nitrogens is 2. The molecule has 0 fully saturated rings. The van der Waals surface area contributed by atoms with Gasteiger partial charge in [-0.25, -0.2) is 0 Å². The van der Waals surface area contributed by atoms with Crippen LogP contribution < -0.4 is 16.0 Å². The molecule has 0 aliphatic rings. The highest BCUT2D eigenvalue weighted by atomic mass is 35.5. The standard InChI is InChI=1S/C12H12ClN3O2/c13-9-5-11(7-15-6-9)18-4-3-16-8-10(14)1-2-12(16)17/h1-2,5-8H,3-4,14H2. The quantitative estimate of drug-likeness (QED) is 0.911. The van der Waals surface area contributed by atoms with Crippen LogP contribution in [-0.2, 0) is 6.54 Å². The predicted molar refractivity (Wildman–Crippen MR) is 69.9 cm³/mol. The Morgan fingerprint density at radius 2 is 2.22 bits per heavy atom. The van der Waals surface area contributed by atoms with Gasteiger partial charge in [0.2, 0.25) is 0 Å². The Bertz CT molecular complexity index is 598. The molecule has 0 unspecified atom stereocenters. The predicted octanol–water partition coefficient (Wildman–Crippen LogP) is 1.56. The van der Waals surface area contributed by atoms with Gasteiger partial charge < -0.3 is 15.0 Å². The fraction of sp³-hybridized carbons (Fsp3) is 0.167. The highest BCUT2D eigenvalue weighted by molar-refractivity contribution is 6.30. The molecule has 0 bridgehead atoms. The second kappa shape index (κ2) is 5.55. The number of ether oxygens (including phenoxy) is 1. The smallest absolute Gasteiger partial charge is 0.250 e. The second-order valence-corrected chi connectivity index (χ2v) is 4.12. The summed E-state index contributed by atoms with van der Waals surface area (Å²) < 4.78 is 6.93. The first kappa shape index (κ1) is 12.4. The molecule has 2 heterocycles. The Labute approximate surface area is 109 Å². The Morgan fingerprint density at radius 1 is 1.39 bits per heavy atom. The van der Waals surface area contributed by atoms with Gasteiger partial charge in [0.25, 0.3) is 5.56 Å². The maximum absolute atomic E-state index is 11.5. The molecule has 0 atom stereocenters. The number of nitrogens with two attached hydrogens (primary N) is 1. The highest BCUT2D eigenvalue weighted by Crippen LogP contribution is 2.14. The van der Waals surface area contributed by atoms with Crippen molar-refractivity contribution in [2.75, 3.05) is 12.3 Å². The fourth-order valence-electron chi connectivity index (χ4n) is 1.46. The van der Waals surface area contributed by atoms with E-state index in [-0.39, 0.29) is 5.56 Å². The van der Waals surface area contributed by atoms with E-state index in [2.05, 4.69) is 4.98 Å². The number of hydrogen-bond acceptors (Lipinski definition) is 4. The summed E-state index contributed by atoms with van der Waals surface area (Å²) in [5.74, 6) is 0.569. The molecule has 2 N–H and O–H groups in total. The minimum atomic E-state index is -0.114. The van der Waals surface area contributed by atoms with E-state index in [9.17, 15) is 4.79 Å². The van der Waals surface area contributed by atoms with Gasteiger partial charge in [0.05, 0.1) is 17.8 Å². The summed E-state index contributed by atoms with van der Waals surface area (Å²) in [4.78, 5) is 15.4. The normalized spacial score (nSPS) is 10.3. The number of nitrogen functional groups attached to an aromatic ring is 1. The first-order valence-corrected chi connectivity index (χ1v) is 5.72. The summed E-state index contributed by atoms with van der Waals surface area (Å²) in [7, 11) is 0. The van der Waals surface area contributed by atoms with Gasteiger partial charge in [-0.1, -0.05) is 11.6 Å². The second-order valence-electron chi connectivity index (χ2n) is 3.68. The summed E-state index contributed by atoms with van der Waals surface area (Å²) in [5, 5.41) is 0.508. The van der Waals surface area contributed by atoms with E-state index < -0.39 is 0 Å². The largest absolute Gasteiger partial charge is 0.490 e. The van der Waals surface area contributed by atoms with Gasteiger partial charge in [-0.3, -0.25) is 9.78 Å². The lowest BCUT2D eigenvalue weighted by Crippen LogP contribution is -2.22. The van der Waals surface area contributed by atoms with Crippen LogP contribution in [0, 0.1) is 0 Å². The van der Waals surface area contributed by atoms with E-state index in [1.807, 2.05) is 0 Å². The molecule has 5 nitrogen and oxygen atoms in total. The fourth-order valence-corrected chi connectivity index (χ4v) is 1.62. The maximum Gasteiger partial charge on any atom is 0.250 e. The monoisotopic (exact) mass is 265 g/mol. The van der Waals surface area contributed by atoms with Crippen molar-refractivity contribution in [3.63, 3.8) is 0 Å². The zero-order valence-corrected chi connectivity index (χ0v) is 10.3. The third-order valence-corrected chi connectivity index (χ3v) is 2.49. The average molecular weight is 266 g/mol. The summed E-state index contributed by atoms with van der Waals surface area (Å²) in [6, 6.07) is 4.66. The van der Waals surface area contributed by atoms with Crippen LogP contribution in [0.1, 0.15) is 0 Å². The minimum absolute atomic E-state index is 0.114. The van der Waals surface area contributed by atoms with Gasteiger partial charge in [0, 0.05) is 30.2 Å².